The second-order valence-electron chi connectivity index (χ2n) is 4.09. The molecule has 3 rings (SSSR count). The van der Waals surface area contributed by atoms with Crippen molar-refractivity contribution in [3.8, 4) is 10.6 Å². The summed E-state index contributed by atoms with van der Waals surface area (Å²) in [5.41, 5.74) is -1.85. The third-order valence-corrected chi connectivity index (χ3v) is 3.56. The highest BCUT2D eigenvalue weighted by atomic mass is 32.1. The van der Waals surface area contributed by atoms with E-state index in [-0.39, 0.29) is 9.97 Å². The van der Waals surface area contributed by atoms with Crippen molar-refractivity contribution in [3.05, 3.63) is 52.2 Å². The first-order valence-electron chi connectivity index (χ1n) is 5.59. The summed E-state index contributed by atoms with van der Waals surface area (Å²) in [4.78, 5) is 14.8. The monoisotopic (exact) mass is 315 g/mol. The smallest absolute Gasteiger partial charge is 0.267 e. The van der Waals surface area contributed by atoms with Crippen molar-refractivity contribution in [3.63, 3.8) is 0 Å². The van der Waals surface area contributed by atoms with Gasteiger partial charge in [-0.25, -0.2) is 9.37 Å². The molecule has 0 aliphatic carbocycles. The maximum absolute atomic E-state index is 13.2. The molecule has 0 radical (unpaired) electrons. The summed E-state index contributed by atoms with van der Waals surface area (Å²) in [6.07, 6.45) is -4.71. The lowest BCUT2D eigenvalue weighted by atomic mass is 10.2. The first-order chi connectivity index (χ1) is 9.84. The van der Waals surface area contributed by atoms with Gasteiger partial charge in [0.05, 0.1) is 0 Å². The first-order valence-corrected chi connectivity index (χ1v) is 6.40. The van der Waals surface area contributed by atoms with Crippen molar-refractivity contribution in [1.29, 1.82) is 0 Å². The molecule has 3 aromatic rings. The van der Waals surface area contributed by atoms with Crippen molar-refractivity contribution in [1.82, 2.24) is 14.6 Å². The van der Waals surface area contributed by atoms with Gasteiger partial charge in [0.25, 0.3) is 5.56 Å². The molecule has 0 amide bonds. The Kier molecular flexibility index (Phi) is 3.01. The van der Waals surface area contributed by atoms with E-state index in [1.165, 1.54) is 24.3 Å². The Morgan fingerprint density at radius 1 is 1.19 bits per heavy atom. The number of fused-ring (bicyclic) bond motifs is 1. The predicted octanol–water partition coefficient (Wildman–Crippen LogP) is 2.98. The lowest BCUT2D eigenvalue weighted by Crippen LogP contribution is -2.19. The van der Waals surface area contributed by atoms with E-state index in [9.17, 15) is 22.4 Å². The Morgan fingerprint density at radius 3 is 2.62 bits per heavy atom. The van der Waals surface area contributed by atoms with Gasteiger partial charge < -0.3 is 0 Å². The number of aromatic nitrogens is 3. The molecular weight excluding hydrogens is 310 g/mol. The summed E-state index contributed by atoms with van der Waals surface area (Å²) in [6, 6.07) is 5.75. The van der Waals surface area contributed by atoms with Crippen LogP contribution in [-0.4, -0.2) is 14.6 Å². The third kappa shape index (κ3) is 2.51. The molecule has 0 aliphatic heterocycles. The Morgan fingerprint density at radius 2 is 1.95 bits per heavy atom. The van der Waals surface area contributed by atoms with E-state index in [4.69, 9.17) is 0 Å². The van der Waals surface area contributed by atoms with Crippen LogP contribution in [0.1, 0.15) is 5.69 Å². The van der Waals surface area contributed by atoms with E-state index < -0.39 is 23.2 Å². The SMILES string of the molecule is O=c1cc(C(F)(F)F)nc2sc(-c3cccc(F)c3)nn12. The average molecular weight is 315 g/mol. The van der Waals surface area contributed by atoms with Gasteiger partial charge in [0.15, 0.2) is 5.69 Å². The van der Waals surface area contributed by atoms with Crippen molar-refractivity contribution in [2.45, 2.75) is 6.18 Å². The summed E-state index contributed by atoms with van der Waals surface area (Å²) in [6.45, 7) is 0. The molecule has 0 bridgehead atoms. The lowest BCUT2D eigenvalue weighted by molar-refractivity contribution is -0.141. The van der Waals surface area contributed by atoms with Crippen LogP contribution < -0.4 is 5.56 Å². The maximum atomic E-state index is 13.2. The number of nitrogens with zero attached hydrogens (tertiary/aromatic N) is 3. The van der Waals surface area contributed by atoms with Crippen molar-refractivity contribution in [2.24, 2.45) is 0 Å². The maximum Gasteiger partial charge on any atom is 0.433 e. The molecular formula is C12H5F4N3OS. The van der Waals surface area contributed by atoms with Gasteiger partial charge >= 0.3 is 6.18 Å². The van der Waals surface area contributed by atoms with Crippen LogP contribution in [0.15, 0.2) is 35.1 Å². The molecule has 0 aliphatic rings. The highest BCUT2D eigenvalue weighted by molar-refractivity contribution is 7.19. The molecule has 0 unspecified atom stereocenters. The van der Waals surface area contributed by atoms with E-state index in [0.29, 0.717) is 11.6 Å². The van der Waals surface area contributed by atoms with Crippen LogP contribution in [0.2, 0.25) is 0 Å². The topological polar surface area (TPSA) is 47.3 Å². The Bertz CT molecular complexity index is 884. The summed E-state index contributed by atoms with van der Waals surface area (Å²) < 4.78 is 51.7. The van der Waals surface area contributed by atoms with E-state index >= 15 is 0 Å². The molecule has 0 saturated heterocycles. The summed E-state index contributed by atoms with van der Waals surface area (Å²) in [5.74, 6) is -0.511. The largest absolute Gasteiger partial charge is 0.433 e. The first kappa shape index (κ1) is 13.7. The standard InChI is InChI=1S/C12H5F4N3OS/c13-7-3-1-2-6(4-7)10-18-19-9(20)5-8(12(14,15)16)17-11(19)21-10/h1-5H. The van der Waals surface area contributed by atoms with Gasteiger partial charge in [-0.1, -0.05) is 23.5 Å². The quantitative estimate of drug-likeness (QED) is 0.649. The zero-order chi connectivity index (χ0) is 15.2. The summed E-state index contributed by atoms with van der Waals surface area (Å²) in [5, 5.41) is 4.08. The van der Waals surface area contributed by atoms with Gasteiger partial charge in [-0.3, -0.25) is 4.79 Å². The second-order valence-corrected chi connectivity index (χ2v) is 5.05. The number of hydrogen-bond donors (Lipinski definition) is 0. The number of rotatable bonds is 1. The van der Waals surface area contributed by atoms with Gasteiger partial charge in [0, 0.05) is 11.6 Å². The average Bonchev–Trinajstić information content (AvgIpc) is 2.82. The van der Waals surface area contributed by atoms with Crippen LogP contribution >= 0.6 is 11.3 Å². The lowest BCUT2D eigenvalue weighted by Gasteiger charge is -2.03. The molecule has 0 saturated carbocycles. The molecule has 1 aromatic carbocycles. The van der Waals surface area contributed by atoms with Crippen LogP contribution in [0.25, 0.3) is 15.5 Å². The predicted molar refractivity (Wildman–Crippen MR) is 67.5 cm³/mol. The van der Waals surface area contributed by atoms with E-state index in [2.05, 4.69) is 10.1 Å². The fourth-order valence-corrected chi connectivity index (χ4v) is 2.60. The zero-order valence-corrected chi connectivity index (χ0v) is 10.9. The highest BCUT2D eigenvalue weighted by Crippen LogP contribution is 2.29. The molecule has 2 aromatic heterocycles. The zero-order valence-electron chi connectivity index (χ0n) is 10.1. The van der Waals surface area contributed by atoms with Crippen LogP contribution in [0.4, 0.5) is 17.6 Å². The molecule has 9 heteroatoms. The third-order valence-electron chi connectivity index (χ3n) is 2.61. The fraction of sp³-hybridized carbons (Fsp3) is 0.0833. The van der Waals surface area contributed by atoms with Crippen LogP contribution in [0.5, 0.6) is 0 Å². The van der Waals surface area contributed by atoms with Crippen molar-refractivity contribution >= 4 is 16.3 Å². The van der Waals surface area contributed by atoms with Crippen molar-refractivity contribution in [2.75, 3.05) is 0 Å². The Labute approximate surface area is 118 Å². The Hall–Kier alpha value is -2.29. The van der Waals surface area contributed by atoms with Crippen LogP contribution in [0, 0.1) is 5.82 Å². The molecule has 0 fully saturated rings. The van der Waals surface area contributed by atoms with Gasteiger partial charge in [0.1, 0.15) is 10.8 Å². The minimum absolute atomic E-state index is 0.200. The van der Waals surface area contributed by atoms with Crippen LogP contribution in [0.3, 0.4) is 0 Å². The molecule has 0 atom stereocenters. The normalized spacial score (nSPS) is 12.0. The minimum Gasteiger partial charge on any atom is -0.267 e. The highest BCUT2D eigenvalue weighted by Gasteiger charge is 2.34. The number of alkyl halides is 3. The minimum atomic E-state index is -4.71. The summed E-state index contributed by atoms with van der Waals surface area (Å²) >= 11 is 0.778. The van der Waals surface area contributed by atoms with Gasteiger partial charge in [-0.15, -0.1) is 0 Å². The molecule has 21 heavy (non-hydrogen) atoms. The number of benzene rings is 1. The molecule has 4 nitrogen and oxygen atoms in total. The van der Waals surface area contributed by atoms with E-state index in [0.717, 1.165) is 15.9 Å². The van der Waals surface area contributed by atoms with Gasteiger partial charge in [-0.05, 0) is 12.1 Å². The Balaban J connectivity index is 2.21. The number of halogens is 4. The molecule has 0 spiro atoms. The van der Waals surface area contributed by atoms with E-state index in [1.807, 2.05) is 0 Å². The molecule has 2 heterocycles. The molecule has 108 valence electrons. The molecule has 0 N–H and O–H groups in total. The summed E-state index contributed by atoms with van der Waals surface area (Å²) in [7, 11) is 0. The van der Waals surface area contributed by atoms with Gasteiger partial charge in [0.2, 0.25) is 4.96 Å². The number of hydrogen-bond acceptors (Lipinski definition) is 4. The van der Waals surface area contributed by atoms with Crippen molar-refractivity contribution < 1.29 is 17.6 Å². The van der Waals surface area contributed by atoms with E-state index in [1.54, 1.807) is 0 Å². The van der Waals surface area contributed by atoms with Crippen LogP contribution in [-0.2, 0) is 6.18 Å². The fourth-order valence-electron chi connectivity index (χ4n) is 1.69. The van der Waals surface area contributed by atoms with Gasteiger partial charge in [-0.2, -0.15) is 22.8 Å². The second kappa shape index (κ2) is 4.62.